The number of benzene rings is 1. The average Bonchev–Trinajstić information content (AvgIpc) is 2.54. The van der Waals surface area contributed by atoms with E-state index >= 15 is 0 Å². The Labute approximate surface area is 154 Å². The molecule has 0 radical (unpaired) electrons. The predicted octanol–water partition coefficient (Wildman–Crippen LogP) is 4.88. The summed E-state index contributed by atoms with van der Waals surface area (Å²) in [6.07, 6.45) is 5.97. The Morgan fingerprint density at radius 3 is 2.08 bits per heavy atom. The van der Waals surface area contributed by atoms with Crippen molar-refractivity contribution in [1.29, 1.82) is 0 Å². The molecule has 0 unspecified atom stereocenters. The van der Waals surface area contributed by atoms with Crippen LogP contribution in [0.15, 0.2) is 24.3 Å². The van der Waals surface area contributed by atoms with E-state index in [9.17, 15) is 8.42 Å². The molecule has 0 bridgehead atoms. The SMILES string of the molecule is CC(C)S(=O)(=O)NCCc1ccc(C2CCC(C(C)(C)C)CC2)cc1. The standard InChI is InChI=1S/C21H35NO2S/c1-16(2)25(23,24)22-15-14-17-6-8-18(9-7-17)19-10-12-20(13-11-19)21(3,4)5/h6-9,16,19-20,22H,10-15H2,1-5H3. The minimum atomic E-state index is -3.16. The summed E-state index contributed by atoms with van der Waals surface area (Å²) in [6, 6.07) is 8.81. The van der Waals surface area contributed by atoms with Crippen LogP contribution in [-0.4, -0.2) is 20.2 Å². The Hall–Kier alpha value is -0.870. The van der Waals surface area contributed by atoms with Gasteiger partial charge < -0.3 is 0 Å². The lowest BCUT2D eigenvalue weighted by Crippen LogP contribution is -2.32. The van der Waals surface area contributed by atoms with E-state index in [0.717, 1.165) is 12.3 Å². The number of hydrogen-bond acceptors (Lipinski definition) is 2. The smallest absolute Gasteiger partial charge is 0.213 e. The normalized spacial score (nSPS) is 22.3. The van der Waals surface area contributed by atoms with Crippen molar-refractivity contribution in [3.05, 3.63) is 35.4 Å². The largest absolute Gasteiger partial charge is 0.215 e. The Balaban J connectivity index is 1.85. The molecule has 0 saturated heterocycles. The van der Waals surface area contributed by atoms with Gasteiger partial charge in [-0.05, 0) is 74.3 Å². The molecular formula is C21H35NO2S. The minimum Gasteiger partial charge on any atom is -0.215 e. The lowest BCUT2D eigenvalue weighted by molar-refractivity contribution is 0.169. The molecule has 0 aromatic heterocycles. The van der Waals surface area contributed by atoms with Gasteiger partial charge in [0.25, 0.3) is 0 Å². The van der Waals surface area contributed by atoms with Gasteiger partial charge in [-0.15, -0.1) is 0 Å². The van der Waals surface area contributed by atoms with E-state index in [-0.39, 0.29) is 5.25 Å². The Bertz CT molecular complexity index is 633. The van der Waals surface area contributed by atoms with Crippen LogP contribution in [0.4, 0.5) is 0 Å². The molecule has 3 nitrogen and oxygen atoms in total. The number of nitrogens with one attached hydrogen (secondary N) is 1. The van der Waals surface area contributed by atoms with Crippen molar-refractivity contribution in [2.24, 2.45) is 11.3 Å². The van der Waals surface area contributed by atoms with Crippen LogP contribution in [0.1, 0.15) is 77.3 Å². The summed E-state index contributed by atoms with van der Waals surface area (Å²) < 4.78 is 26.2. The maximum Gasteiger partial charge on any atom is 0.213 e. The maximum atomic E-state index is 11.8. The molecule has 0 aliphatic heterocycles. The highest BCUT2D eigenvalue weighted by atomic mass is 32.2. The van der Waals surface area contributed by atoms with E-state index in [1.54, 1.807) is 13.8 Å². The molecule has 142 valence electrons. The van der Waals surface area contributed by atoms with Crippen LogP contribution in [0.25, 0.3) is 0 Å². The van der Waals surface area contributed by atoms with Gasteiger partial charge >= 0.3 is 0 Å². The Morgan fingerprint density at radius 1 is 1.04 bits per heavy atom. The third kappa shape index (κ3) is 5.82. The summed E-state index contributed by atoms with van der Waals surface area (Å²) >= 11 is 0. The highest BCUT2D eigenvalue weighted by molar-refractivity contribution is 7.90. The molecule has 0 amide bonds. The highest BCUT2D eigenvalue weighted by Crippen LogP contribution is 2.43. The minimum absolute atomic E-state index is 0.377. The summed E-state index contributed by atoms with van der Waals surface area (Å²) in [5, 5.41) is -0.377. The number of hydrogen-bond donors (Lipinski definition) is 1. The Kier molecular flexibility index (Phi) is 6.72. The number of rotatable bonds is 6. The second kappa shape index (κ2) is 8.22. The predicted molar refractivity (Wildman–Crippen MR) is 106 cm³/mol. The maximum absolute atomic E-state index is 11.8. The second-order valence-corrected chi connectivity index (χ2v) is 11.2. The molecular weight excluding hydrogens is 330 g/mol. The van der Waals surface area contributed by atoms with E-state index in [4.69, 9.17) is 0 Å². The van der Waals surface area contributed by atoms with Crippen LogP contribution in [0.3, 0.4) is 0 Å². The first kappa shape index (κ1) is 20.4. The van der Waals surface area contributed by atoms with Gasteiger partial charge in [0.15, 0.2) is 0 Å². The molecule has 1 saturated carbocycles. The fraction of sp³-hybridized carbons (Fsp3) is 0.714. The van der Waals surface area contributed by atoms with Gasteiger partial charge in [0.1, 0.15) is 0 Å². The summed E-state index contributed by atoms with van der Waals surface area (Å²) in [5.41, 5.74) is 3.07. The first-order valence-electron chi connectivity index (χ1n) is 9.67. The fourth-order valence-electron chi connectivity index (χ4n) is 3.75. The van der Waals surface area contributed by atoms with Crippen molar-refractivity contribution in [3.63, 3.8) is 0 Å². The van der Waals surface area contributed by atoms with Gasteiger partial charge in [0.2, 0.25) is 10.0 Å². The van der Waals surface area contributed by atoms with Crippen molar-refractivity contribution < 1.29 is 8.42 Å². The van der Waals surface area contributed by atoms with Crippen LogP contribution in [-0.2, 0) is 16.4 Å². The lowest BCUT2D eigenvalue weighted by Gasteiger charge is -2.37. The Morgan fingerprint density at radius 2 is 1.60 bits per heavy atom. The highest BCUT2D eigenvalue weighted by Gasteiger charge is 2.30. The van der Waals surface area contributed by atoms with Gasteiger partial charge in [-0.2, -0.15) is 0 Å². The molecule has 1 aliphatic rings. The van der Waals surface area contributed by atoms with E-state index in [0.29, 0.717) is 17.9 Å². The zero-order valence-electron chi connectivity index (χ0n) is 16.5. The molecule has 2 rings (SSSR count). The molecule has 1 aromatic rings. The zero-order valence-corrected chi connectivity index (χ0v) is 17.3. The van der Waals surface area contributed by atoms with Gasteiger partial charge in [0.05, 0.1) is 5.25 Å². The first-order valence-corrected chi connectivity index (χ1v) is 11.2. The van der Waals surface area contributed by atoms with Crippen molar-refractivity contribution in [2.45, 2.75) is 77.9 Å². The van der Waals surface area contributed by atoms with Crippen molar-refractivity contribution >= 4 is 10.0 Å². The van der Waals surface area contributed by atoms with E-state index in [1.807, 2.05) is 0 Å². The lowest BCUT2D eigenvalue weighted by atomic mass is 9.68. The molecule has 25 heavy (non-hydrogen) atoms. The third-order valence-corrected chi connectivity index (χ3v) is 7.59. The molecule has 1 aromatic carbocycles. The van der Waals surface area contributed by atoms with Crippen molar-refractivity contribution in [2.75, 3.05) is 6.54 Å². The van der Waals surface area contributed by atoms with Crippen LogP contribution in [0, 0.1) is 11.3 Å². The van der Waals surface area contributed by atoms with E-state index in [1.165, 1.54) is 36.8 Å². The molecule has 1 fully saturated rings. The quantitative estimate of drug-likeness (QED) is 0.781. The van der Waals surface area contributed by atoms with Gasteiger partial charge in [-0.1, -0.05) is 45.0 Å². The zero-order chi connectivity index (χ0) is 18.7. The van der Waals surface area contributed by atoms with Crippen LogP contribution >= 0.6 is 0 Å². The molecule has 0 heterocycles. The van der Waals surface area contributed by atoms with Crippen LogP contribution in [0.2, 0.25) is 0 Å². The molecule has 0 spiro atoms. The summed E-state index contributed by atoms with van der Waals surface area (Å²) in [4.78, 5) is 0. The van der Waals surface area contributed by atoms with Crippen molar-refractivity contribution in [3.8, 4) is 0 Å². The monoisotopic (exact) mass is 365 g/mol. The molecule has 0 atom stereocenters. The second-order valence-electron chi connectivity index (χ2n) is 8.89. The molecule has 1 aliphatic carbocycles. The summed E-state index contributed by atoms with van der Waals surface area (Å²) in [6.45, 7) is 11.0. The molecule has 1 N–H and O–H groups in total. The van der Waals surface area contributed by atoms with Gasteiger partial charge in [0, 0.05) is 6.54 Å². The number of sulfonamides is 1. The summed E-state index contributed by atoms with van der Waals surface area (Å²) in [5.74, 6) is 1.53. The van der Waals surface area contributed by atoms with Crippen LogP contribution in [0.5, 0.6) is 0 Å². The van der Waals surface area contributed by atoms with E-state index < -0.39 is 10.0 Å². The summed E-state index contributed by atoms with van der Waals surface area (Å²) in [7, 11) is -3.16. The fourth-order valence-corrected chi connectivity index (χ4v) is 4.47. The first-order chi connectivity index (χ1) is 11.6. The topological polar surface area (TPSA) is 46.2 Å². The van der Waals surface area contributed by atoms with Crippen molar-refractivity contribution in [1.82, 2.24) is 4.72 Å². The molecule has 4 heteroatoms. The van der Waals surface area contributed by atoms with E-state index in [2.05, 4.69) is 49.8 Å². The van der Waals surface area contributed by atoms with Gasteiger partial charge in [-0.25, -0.2) is 13.1 Å². The third-order valence-electron chi connectivity index (χ3n) is 5.74. The average molecular weight is 366 g/mol. The van der Waals surface area contributed by atoms with Crippen LogP contribution < -0.4 is 4.72 Å². The van der Waals surface area contributed by atoms with Gasteiger partial charge in [-0.3, -0.25) is 0 Å².